The number of carbonyl (C=O) groups is 2. The molecule has 0 unspecified atom stereocenters. The summed E-state index contributed by atoms with van der Waals surface area (Å²) in [6, 6.07) is 13.2. The second kappa shape index (κ2) is 8.67. The van der Waals surface area contributed by atoms with E-state index in [1.807, 2.05) is 56.3 Å². The summed E-state index contributed by atoms with van der Waals surface area (Å²) in [6.45, 7) is 4.06. The van der Waals surface area contributed by atoms with E-state index in [2.05, 4.69) is 21.2 Å². The van der Waals surface area contributed by atoms with Crippen molar-refractivity contribution in [2.45, 2.75) is 20.5 Å². The summed E-state index contributed by atoms with van der Waals surface area (Å²) in [5, 5.41) is 2.80. The highest BCUT2D eigenvalue weighted by Gasteiger charge is 2.15. The molecule has 0 saturated carbocycles. The van der Waals surface area contributed by atoms with Crippen LogP contribution in [0.1, 0.15) is 16.7 Å². The molecule has 2 aromatic rings. The van der Waals surface area contributed by atoms with Crippen molar-refractivity contribution in [2.75, 3.05) is 18.9 Å². The van der Waals surface area contributed by atoms with Crippen LogP contribution in [0.4, 0.5) is 10.5 Å². The van der Waals surface area contributed by atoms with E-state index in [9.17, 15) is 9.59 Å². The topological polar surface area (TPSA) is 58.6 Å². The first-order valence-electron chi connectivity index (χ1n) is 7.85. The number of anilines is 1. The van der Waals surface area contributed by atoms with Gasteiger partial charge in [-0.1, -0.05) is 30.3 Å². The van der Waals surface area contributed by atoms with E-state index >= 15 is 0 Å². The summed E-state index contributed by atoms with van der Waals surface area (Å²) in [7, 11) is 1.53. The summed E-state index contributed by atoms with van der Waals surface area (Å²) in [5.74, 6) is -0.289. The van der Waals surface area contributed by atoms with Crippen molar-refractivity contribution in [1.29, 1.82) is 0 Å². The minimum absolute atomic E-state index is 0.0903. The Labute approximate surface area is 156 Å². The van der Waals surface area contributed by atoms with E-state index in [1.165, 1.54) is 11.9 Å². The molecule has 1 N–H and O–H groups in total. The lowest BCUT2D eigenvalue weighted by molar-refractivity contribution is -0.116. The molecule has 5 nitrogen and oxygen atoms in total. The molecule has 0 spiro atoms. The highest BCUT2D eigenvalue weighted by Crippen LogP contribution is 2.26. The summed E-state index contributed by atoms with van der Waals surface area (Å²) >= 11 is 3.44. The molecular weight excluding hydrogens is 384 g/mol. The number of ether oxygens (including phenoxy) is 1. The molecule has 0 fully saturated rings. The van der Waals surface area contributed by atoms with Crippen molar-refractivity contribution < 1.29 is 14.3 Å². The number of aryl methyl sites for hydroxylation is 2. The minimum atomic E-state index is -0.543. The van der Waals surface area contributed by atoms with E-state index in [0.717, 1.165) is 21.2 Å². The van der Waals surface area contributed by atoms with Gasteiger partial charge in [0.1, 0.15) is 13.2 Å². The number of carbonyl (C=O) groups excluding carboxylic acids is 2. The van der Waals surface area contributed by atoms with Gasteiger partial charge >= 0.3 is 6.09 Å². The number of hydrogen-bond acceptors (Lipinski definition) is 3. The number of hydrogen-bond donors (Lipinski definition) is 1. The lowest BCUT2D eigenvalue weighted by atomic mass is 10.1. The van der Waals surface area contributed by atoms with Gasteiger partial charge in [0.2, 0.25) is 5.91 Å². The molecule has 6 heteroatoms. The maximum absolute atomic E-state index is 12.2. The molecule has 0 aliphatic rings. The van der Waals surface area contributed by atoms with Gasteiger partial charge in [0.15, 0.2) is 0 Å². The maximum atomic E-state index is 12.2. The van der Waals surface area contributed by atoms with Crippen molar-refractivity contribution in [1.82, 2.24) is 4.90 Å². The summed E-state index contributed by atoms with van der Waals surface area (Å²) < 4.78 is 6.00. The Morgan fingerprint density at radius 3 is 2.44 bits per heavy atom. The number of halogens is 1. The predicted molar refractivity (Wildman–Crippen MR) is 102 cm³/mol. The third kappa shape index (κ3) is 5.60. The highest BCUT2D eigenvalue weighted by molar-refractivity contribution is 9.10. The van der Waals surface area contributed by atoms with Crippen molar-refractivity contribution in [2.24, 2.45) is 0 Å². The van der Waals surface area contributed by atoms with Crippen LogP contribution in [0.25, 0.3) is 0 Å². The molecule has 132 valence electrons. The van der Waals surface area contributed by atoms with Crippen LogP contribution in [0.5, 0.6) is 0 Å². The van der Waals surface area contributed by atoms with Crippen LogP contribution in [0, 0.1) is 13.8 Å². The molecule has 0 aliphatic heterocycles. The van der Waals surface area contributed by atoms with Gasteiger partial charge in [0.25, 0.3) is 0 Å². The van der Waals surface area contributed by atoms with Crippen LogP contribution in [0.2, 0.25) is 0 Å². The molecule has 0 radical (unpaired) electrons. The molecule has 0 aromatic heterocycles. The Morgan fingerprint density at radius 1 is 1.12 bits per heavy atom. The number of nitrogens with one attached hydrogen (secondary N) is 1. The molecule has 0 bridgehead atoms. The highest BCUT2D eigenvalue weighted by atomic mass is 79.9. The van der Waals surface area contributed by atoms with Crippen molar-refractivity contribution in [3.8, 4) is 0 Å². The van der Waals surface area contributed by atoms with E-state index in [0.29, 0.717) is 5.69 Å². The van der Waals surface area contributed by atoms with Gasteiger partial charge in [-0.2, -0.15) is 0 Å². The van der Waals surface area contributed by atoms with Gasteiger partial charge in [-0.25, -0.2) is 4.79 Å². The zero-order chi connectivity index (χ0) is 18.4. The van der Waals surface area contributed by atoms with Crippen LogP contribution in [-0.2, 0) is 16.1 Å². The number of rotatable bonds is 5. The van der Waals surface area contributed by atoms with E-state index in [1.54, 1.807) is 0 Å². The van der Waals surface area contributed by atoms with Gasteiger partial charge in [-0.05, 0) is 58.6 Å². The second-order valence-electron chi connectivity index (χ2n) is 5.86. The normalized spacial score (nSPS) is 10.2. The molecule has 2 rings (SSSR count). The molecule has 0 saturated heterocycles. The zero-order valence-electron chi connectivity index (χ0n) is 14.5. The average Bonchev–Trinajstić information content (AvgIpc) is 2.58. The lowest BCUT2D eigenvalue weighted by Crippen LogP contribution is -2.35. The van der Waals surface area contributed by atoms with Gasteiger partial charge < -0.3 is 15.0 Å². The van der Waals surface area contributed by atoms with E-state index in [4.69, 9.17) is 4.74 Å². The fourth-order valence-electron chi connectivity index (χ4n) is 2.18. The van der Waals surface area contributed by atoms with Gasteiger partial charge in [-0.15, -0.1) is 0 Å². The molecule has 2 aromatic carbocycles. The van der Waals surface area contributed by atoms with Crippen LogP contribution in [0.15, 0.2) is 46.9 Å². The molecule has 25 heavy (non-hydrogen) atoms. The SMILES string of the molecule is Cc1cc(Br)c(NC(=O)CN(C)C(=O)OCc2ccccc2)cc1C. The molecule has 0 heterocycles. The van der Waals surface area contributed by atoms with Gasteiger partial charge in [-0.3, -0.25) is 4.79 Å². The van der Waals surface area contributed by atoms with Crippen molar-refractivity contribution in [3.63, 3.8) is 0 Å². The lowest BCUT2D eigenvalue weighted by Gasteiger charge is -2.17. The van der Waals surface area contributed by atoms with E-state index in [-0.39, 0.29) is 19.1 Å². The zero-order valence-corrected chi connectivity index (χ0v) is 16.1. The monoisotopic (exact) mass is 404 g/mol. The molecular formula is C19H21BrN2O3. The third-order valence-electron chi connectivity index (χ3n) is 3.76. The second-order valence-corrected chi connectivity index (χ2v) is 6.72. The largest absolute Gasteiger partial charge is 0.445 e. The Hall–Kier alpha value is -2.34. The van der Waals surface area contributed by atoms with Crippen LogP contribution in [0.3, 0.4) is 0 Å². The Morgan fingerprint density at radius 2 is 1.76 bits per heavy atom. The summed E-state index contributed by atoms with van der Waals surface area (Å²) in [5.41, 5.74) is 3.78. The number of benzene rings is 2. The first-order chi connectivity index (χ1) is 11.9. The Bertz CT molecular complexity index is 763. The number of nitrogens with zero attached hydrogens (tertiary/aromatic N) is 1. The van der Waals surface area contributed by atoms with Crippen LogP contribution in [-0.4, -0.2) is 30.5 Å². The summed E-state index contributed by atoms with van der Waals surface area (Å²) in [4.78, 5) is 25.4. The fourth-order valence-corrected chi connectivity index (χ4v) is 2.73. The van der Waals surface area contributed by atoms with Gasteiger partial charge in [0, 0.05) is 11.5 Å². The van der Waals surface area contributed by atoms with Crippen LogP contribution >= 0.6 is 15.9 Å². The maximum Gasteiger partial charge on any atom is 0.410 e. The quantitative estimate of drug-likeness (QED) is 0.808. The van der Waals surface area contributed by atoms with Crippen LogP contribution < -0.4 is 5.32 Å². The van der Waals surface area contributed by atoms with Crippen molar-refractivity contribution in [3.05, 3.63) is 63.6 Å². The Kier molecular flexibility index (Phi) is 6.58. The van der Waals surface area contributed by atoms with E-state index < -0.39 is 6.09 Å². The number of likely N-dealkylation sites (N-methyl/N-ethyl adjacent to an activating group) is 1. The summed E-state index contributed by atoms with van der Waals surface area (Å²) in [6.07, 6.45) is -0.543. The first kappa shape index (κ1) is 19.0. The van der Waals surface area contributed by atoms with Gasteiger partial charge in [0.05, 0.1) is 5.69 Å². The van der Waals surface area contributed by atoms with Crippen molar-refractivity contribution >= 4 is 33.6 Å². The minimum Gasteiger partial charge on any atom is -0.445 e. The fraction of sp³-hybridized carbons (Fsp3) is 0.263. The third-order valence-corrected chi connectivity index (χ3v) is 4.41. The standard InChI is InChI=1S/C19H21BrN2O3/c1-13-9-16(20)17(10-14(13)2)21-18(23)11-22(3)19(24)25-12-15-7-5-4-6-8-15/h4-10H,11-12H2,1-3H3,(H,21,23). The average molecular weight is 405 g/mol. The Balaban J connectivity index is 1.87. The predicted octanol–water partition coefficient (Wildman–Crippen LogP) is 4.27. The molecule has 0 aliphatic carbocycles. The molecule has 0 atom stereocenters. The first-order valence-corrected chi connectivity index (χ1v) is 8.64. The molecule has 2 amide bonds. The number of amides is 2. The smallest absolute Gasteiger partial charge is 0.410 e.